The zero-order valence-electron chi connectivity index (χ0n) is 23.1. The maximum absolute atomic E-state index is 12.1. The van der Waals surface area contributed by atoms with Gasteiger partial charge >= 0.3 is 0 Å². The Bertz CT molecular complexity index is 993. The fraction of sp³-hybridized carbons (Fsp3) is 0.903. The van der Waals surface area contributed by atoms with Crippen LogP contribution in [-0.4, -0.2) is 16.4 Å². The van der Waals surface area contributed by atoms with E-state index < -0.39 is 0 Å². The lowest BCUT2D eigenvalue weighted by Crippen LogP contribution is -2.69. The molecule has 5 aliphatic carbocycles. The second-order valence-corrected chi connectivity index (χ2v) is 16.0. The van der Waals surface area contributed by atoms with Crippen molar-refractivity contribution in [3.8, 4) is 0 Å². The minimum Gasteiger partial charge on any atom is -0.393 e. The molecule has 5 aliphatic rings. The van der Waals surface area contributed by atoms with Gasteiger partial charge in [0.1, 0.15) is 5.76 Å². The normalized spacial score (nSPS) is 53.0. The quantitative estimate of drug-likeness (QED) is 0.428. The van der Waals surface area contributed by atoms with E-state index in [0.29, 0.717) is 34.5 Å². The molecule has 6 rings (SSSR count). The Hall–Kier alpha value is -0.830. The first kappa shape index (κ1) is 23.6. The van der Waals surface area contributed by atoms with Gasteiger partial charge in [-0.05, 0) is 109 Å². The number of nitrogens with zero attached hydrogens (tertiary/aromatic N) is 1. The van der Waals surface area contributed by atoms with Crippen molar-refractivity contribution in [1.29, 1.82) is 0 Å². The predicted molar refractivity (Wildman–Crippen MR) is 136 cm³/mol. The van der Waals surface area contributed by atoms with Crippen LogP contribution in [-0.2, 0) is 11.8 Å². The second-order valence-electron chi connectivity index (χ2n) is 16.0. The van der Waals surface area contributed by atoms with Gasteiger partial charge in [0, 0.05) is 11.0 Å². The van der Waals surface area contributed by atoms with Crippen LogP contribution in [0.4, 0.5) is 0 Å². The molecule has 3 nitrogen and oxygen atoms in total. The van der Waals surface area contributed by atoms with Crippen LogP contribution in [0.5, 0.6) is 0 Å². The molecule has 0 amide bonds. The molecule has 1 aromatic rings. The van der Waals surface area contributed by atoms with Gasteiger partial charge in [0.15, 0.2) is 0 Å². The monoisotopic (exact) mass is 467 g/mol. The maximum Gasteiger partial charge on any atom is 0.145 e. The molecule has 34 heavy (non-hydrogen) atoms. The van der Waals surface area contributed by atoms with Crippen LogP contribution in [0.25, 0.3) is 0 Å². The minimum atomic E-state index is -0.177. The molecule has 0 unspecified atom stereocenters. The number of rotatable bonds is 0. The van der Waals surface area contributed by atoms with Gasteiger partial charge in [-0.3, -0.25) is 0 Å². The third-order valence-electron chi connectivity index (χ3n) is 13.6. The molecule has 0 saturated heterocycles. The van der Waals surface area contributed by atoms with E-state index in [2.05, 4.69) is 60.5 Å². The standard InChI is InChI=1S/C31H49NO2/c1-26(2)11-12-28(5)13-14-31(8)24(20(28)17-26)21(33)15-23-29(6)16-19-18-32-34-25(19)27(3,4)22(29)9-10-30(23,31)7/h18,20-24,33H,9-17H2,1-8H3/t20-,21-,22-,23+,24-,28+,29-,30+,31+/m0/s1. The SMILES string of the molecule is CC1(C)CC[C@]2(C)CC[C@]3(C)[C@H]([C@@H](O)C[C@@H]4[C@@]5(C)Cc6cnoc6C(C)(C)[C@@H]5CC[C@]43C)[C@@H]2C1. The average molecular weight is 468 g/mol. The lowest BCUT2D eigenvalue weighted by molar-refractivity contribution is -0.264. The van der Waals surface area contributed by atoms with Gasteiger partial charge in [-0.25, -0.2) is 0 Å². The highest BCUT2D eigenvalue weighted by molar-refractivity contribution is 5.32. The first-order chi connectivity index (χ1) is 15.7. The minimum absolute atomic E-state index is 0.00139. The molecule has 0 bridgehead atoms. The van der Waals surface area contributed by atoms with E-state index in [-0.39, 0.29) is 27.8 Å². The molecule has 4 fully saturated rings. The Morgan fingerprint density at radius 3 is 2.32 bits per heavy atom. The molecule has 190 valence electrons. The lowest BCUT2D eigenvalue weighted by atomic mass is 9.31. The van der Waals surface area contributed by atoms with Gasteiger partial charge in [-0.1, -0.05) is 60.5 Å². The van der Waals surface area contributed by atoms with Crippen LogP contribution in [0.1, 0.15) is 118 Å². The van der Waals surface area contributed by atoms with Crippen molar-refractivity contribution in [2.75, 3.05) is 0 Å². The van der Waals surface area contributed by atoms with E-state index in [0.717, 1.165) is 18.6 Å². The van der Waals surface area contributed by atoms with Gasteiger partial charge in [0.05, 0.1) is 12.3 Å². The fourth-order valence-electron chi connectivity index (χ4n) is 11.6. The molecule has 0 radical (unpaired) electrons. The topological polar surface area (TPSA) is 46.3 Å². The molecule has 1 heterocycles. The van der Waals surface area contributed by atoms with E-state index >= 15 is 0 Å². The van der Waals surface area contributed by atoms with Crippen LogP contribution in [0, 0.1) is 50.7 Å². The number of aliphatic hydroxyl groups excluding tert-OH is 1. The molecule has 3 heteroatoms. The highest BCUT2D eigenvalue weighted by Gasteiger charge is 2.71. The van der Waals surface area contributed by atoms with Crippen molar-refractivity contribution in [2.45, 2.75) is 125 Å². The largest absolute Gasteiger partial charge is 0.393 e. The number of hydrogen-bond acceptors (Lipinski definition) is 3. The number of hydrogen-bond donors (Lipinski definition) is 1. The molecule has 9 atom stereocenters. The molecular formula is C31H49NO2. The smallest absolute Gasteiger partial charge is 0.145 e. The van der Waals surface area contributed by atoms with E-state index in [9.17, 15) is 5.11 Å². The van der Waals surface area contributed by atoms with Crippen LogP contribution >= 0.6 is 0 Å². The van der Waals surface area contributed by atoms with E-state index in [1.54, 1.807) is 0 Å². The average Bonchev–Trinajstić information content (AvgIpc) is 3.20. The number of aliphatic hydroxyl groups is 1. The summed E-state index contributed by atoms with van der Waals surface area (Å²) in [6.45, 7) is 20.2. The summed E-state index contributed by atoms with van der Waals surface area (Å²) in [6.07, 6.45) is 13.0. The first-order valence-electron chi connectivity index (χ1n) is 14.3. The Balaban J connectivity index is 1.44. The van der Waals surface area contributed by atoms with Crippen LogP contribution < -0.4 is 0 Å². The number of aromatic nitrogens is 1. The lowest BCUT2D eigenvalue weighted by Gasteiger charge is -2.73. The summed E-state index contributed by atoms with van der Waals surface area (Å²) in [6, 6.07) is 0. The molecule has 0 aliphatic heterocycles. The maximum atomic E-state index is 12.1. The third-order valence-corrected chi connectivity index (χ3v) is 13.6. The highest BCUT2D eigenvalue weighted by Crippen LogP contribution is 2.76. The number of fused-ring (bicyclic) bond motifs is 8. The highest BCUT2D eigenvalue weighted by atomic mass is 16.5. The molecule has 4 saturated carbocycles. The Morgan fingerprint density at radius 1 is 0.882 bits per heavy atom. The van der Waals surface area contributed by atoms with Gasteiger partial charge in [-0.15, -0.1) is 0 Å². The van der Waals surface area contributed by atoms with Crippen LogP contribution in [0.3, 0.4) is 0 Å². The summed E-state index contributed by atoms with van der Waals surface area (Å²) in [5.74, 6) is 3.33. The van der Waals surface area contributed by atoms with Crippen molar-refractivity contribution >= 4 is 0 Å². The predicted octanol–water partition coefficient (Wildman–Crippen LogP) is 7.56. The summed E-state index contributed by atoms with van der Waals surface area (Å²) in [5.41, 5.74) is 2.80. The molecular weight excluding hydrogens is 418 g/mol. The molecule has 0 aromatic carbocycles. The summed E-state index contributed by atoms with van der Waals surface area (Å²) in [4.78, 5) is 0. The van der Waals surface area contributed by atoms with E-state index in [4.69, 9.17) is 4.52 Å². The van der Waals surface area contributed by atoms with Crippen molar-refractivity contribution in [1.82, 2.24) is 5.16 Å². The zero-order chi connectivity index (χ0) is 24.5. The van der Waals surface area contributed by atoms with Gasteiger partial charge in [-0.2, -0.15) is 0 Å². The van der Waals surface area contributed by atoms with Crippen molar-refractivity contribution in [2.24, 2.45) is 50.7 Å². The Kier molecular flexibility index (Phi) is 4.66. The summed E-state index contributed by atoms with van der Waals surface area (Å²) < 4.78 is 5.84. The van der Waals surface area contributed by atoms with Gasteiger partial charge in [0.25, 0.3) is 0 Å². The Labute approximate surface area is 207 Å². The summed E-state index contributed by atoms with van der Waals surface area (Å²) in [7, 11) is 0. The van der Waals surface area contributed by atoms with Crippen LogP contribution in [0.2, 0.25) is 0 Å². The van der Waals surface area contributed by atoms with Crippen molar-refractivity contribution < 1.29 is 9.63 Å². The second kappa shape index (κ2) is 6.73. The molecule has 1 N–H and O–H groups in total. The van der Waals surface area contributed by atoms with Gasteiger partial charge < -0.3 is 9.63 Å². The molecule has 0 spiro atoms. The van der Waals surface area contributed by atoms with Gasteiger partial charge in [0.2, 0.25) is 0 Å². The third kappa shape index (κ3) is 2.72. The first-order valence-corrected chi connectivity index (χ1v) is 14.3. The molecule has 1 aromatic heterocycles. The van der Waals surface area contributed by atoms with E-state index in [1.165, 1.54) is 50.5 Å². The van der Waals surface area contributed by atoms with Crippen molar-refractivity contribution in [3.63, 3.8) is 0 Å². The summed E-state index contributed by atoms with van der Waals surface area (Å²) >= 11 is 0. The van der Waals surface area contributed by atoms with Crippen LogP contribution in [0.15, 0.2) is 10.7 Å². The Morgan fingerprint density at radius 2 is 1.59 bits per heavy atom. The zero-order valence-corrected chi connectivity index (χ0v) is 23.1. The van der Waals surface area contributed by atoms with Crippen molar-refractivity contribution in [3.05, 3.63) is 17.5 Å². The summed E-state index contributed by atoms with van der Waals surface area (Å²) in [5, 5.41) is 16.4. The fourth-order valence-corrected chi connectivity index (χ4v) is 11.6. The van der Waals surface area contributed by atoms with E-state index in [1.807, 2.05) is 6.20 Å².